The molecule has 0 saturated carbocycles. The number of hydrogen-bond donors (Lipinski definition) is 1. The number of hydrogen-bond acceptors (Lipinski definition) is 2. The van der Waals surface area contributed by atoms with Crippen LogP contribution in [0.1, 0.15) is 16.7 Å². The zero-order chi connectivity index (χ0) is 14.5. The van der Waals surface area contributed by atoms with Crippen molar-refractivity contribution in [1.82, 2.24) is 4.90 Å². The maximum absolute atomic E-state index is 6.14. The van der Waals surface area contributed by atoms with Crippen molar-refractivity contribution in [2.75, 3.05) is 19.4 Å². The van der Waals surface area contributed by atoms with Crippen molar-refractivity contribution in [3.05, 3.63) is 64.2 Å². The van der Waals surface area contributed by atoms with Crippen molar-refractivity contribution in [3.63, 3.8) is 0 Å². The first-order valence-electron chi connectivity index (χ1n) is 6.77. The van der Waals surface area contributed by atoms with Crippen molar-refractivity contribution in [2.45, 2.75) is 20.0 Å². The molecule has 20 heavy (non-hydrogen) atoms. The van der Waals surface area contributed by atoms with Gasteiger partial charge in [-0.1, -0.05) is 35.9 Å². The van der Waals surface area contributed by atoms with Crippen LogP contribution >= 0.6 is 11.6 Å². The van der Waals surface area contributed by atoms with Crippen LogP contribution in [0.4, 0.5) is 5.69 Å². The highest BCUT2D eigenvalue weighted by atomic mass is 35.5. The van der Waals surface area contributed by atoms with E-state index in [4.69, 9.17) is 11.6 Å². The molecule has 3 heteroatoms. The lowest BCUT2D eigenvalue weighted by Crippen LogP contribution is -2.10. The summed E-state index contributed by atoms with van der Waals surface area (Å²) < 4.78 is 0. The van der Waals surface area contributed by atoms with Crippen LogP contribution in [0.2, 0.25) is 5.02 Å². The van der Waals surface area contributed by atoms with E-state index >= 15 is 0 Å². The SMILES string of the molecule is Cc1ccc(CNc2cccc(CN(C)C)c2)cc1Cl. The van der Waals surface area contributed by atoms with E-state index in [9.17, 15) is 0 Å². The van der Waals surface area contributed by atoms with Crippen LogP contribution < -0.4 is 5.32 Å². The van der Waals surface area contributed by atoms with Gasteiger partial charge in [0.15, 0.2) is 0 Å². The van der Waals surface area contributed by atoms with Gasteiger partial charge in [0, 0.05) is 23.8 Å². The minimum absolute atomic E-state index is 0.783. The van der Waals surface area contributed by atoms with Gasteiger partial charge in [0.1, 0.15) is 0 Å². The van der Waals surface area contributed by atoms with Crippen LogP contribution in [-0.2, 0) is 13.1 Å². The lowest BCUT2D eigenvalue weighted by atomic mass is 10.1. The molecule has 106 valence electrons. The first-order valence-corrected chi connectivity index (χ1v) is 7.15. The number of rotatable bonds is 5. The summed E-state index contributed by atoms with van der Waals surface area (Å²) in [7, 11) is 4.16. The van der Waals surface area contributed by atoms with E-state index in [1.807, 2.05) is 13.0 Å². The monoisotopic (exact) mass is 288 g/mol. The van der Waals surface area contributed by atoms with Crippen LogP contribution in [-0.4, -0.2) is 19.0 Å². The third-order valence-corrected chi connectivity index (χ3v) is 3.57. The first kappa shape index (κ1) is 14.9. The molecule has 0 radical (unpaired) electrons. The van der Waals surface area contributed by atoms with Gasteiger partial charge < -0.3 is 10.2 Å². The molecule has 0 aliphatic heterocycles. The predicted molar refractivity (Wildman–Crippen MR) is 87.3 cm³/mol. The highest BCUT2D eigenvalue weighted by molar-refractivity contribution is 6.31. The predicted octanol–water partition coefficient (Wildman–Crippen LogP) is 4.32. The summed E-state index contributed by atoms with van der Waals surface area (Å²) in [6.45, 7) is 3.75. The average Bonchev–Trinajstić information content (AvgIpc) is 2.40. The fourth-order valence-electron chi connectivity index (χ4n) is 2.10. The molecular weight excluding hydrogens is 268 g/mol. The summed E-state index contributed by atoms with van der Waals surface area (Å²) in [4.78, 5) is 2.17. The minimum Gasteiger partial charge on any atom is -0.381 e. The van der Waals surface area contributed by atoms with E-state index in [1.54, 1.807) is 0 Å². The normalized spacial score (nSPS) is 10.8. The Morgan fingerprint density at radius 1 is 1.05 bits per heavy atom. The largest absolute Gasteiger partial charge is 0.381 e. The Morgan fingerprint density at radius 2 is 1.85 bits per heavy atom. The van der Waals surface area contributed by atoms with Crippen molar-refractivity contribution in [1.29, 1.82) is 0 Å². The molecular formula is C17H21ClN2. The van der Waals surface area contributed by atoms with Gasteiger partial charge in [-0.15, -0.1) is 0 Å². The van der Waals surface area contributed by atoms with Gasteiger partial charge in [-0.3, -0.25) is 0 Å². The van der Waals surface area contributed by atoms with E-state index in [-0.39, 0.29) is 0 Å². The number of aryl methyl sites for hydroxylation is 1. The molecule has 0 atom stereocenters. The summed E-state index contributed by atoms with van der Waals surface area (Å²) in [5.41, 5.74) is 4.75. The van der Waals surface area contributed by atoms with Crippen molar-refractivity contribution >= 4 is 17.3 Å². The van der Waals surface area contributed by atoms with E-state index in [1.165, 1.54) is 11.1 Å². The molecule has 0 aromatic heterocycles. The Kier molecular flexibility index (Phi) is 5.05. The van der Waals surface area contributed by atoms with Gasteiger partial charge in [-0.05, 0) is 55.9 Å². The third-order valence-electron chi connectivity index (χ3n) is 3.16. The molecule has 0 aliphatic carbocycles. The topological polar surface area (TPSA) is 15.3 Å². The van der Waals surface area contributed by atoms with Gasteiger partial charge in [0.2, 0.25) is 0 Å². The van der Waals surface area contributed by atoms with E-state index < -0.39 is 0 Å². The fraction of sp³-hybridized carbons (Fsp3) is 0.294. The lowest BCUT2D eigenvalue weighted by Gasteiger charge is -2.12. The van der Waals surface area contributed by atoms with Crippen molar-refractivity contribution in [2.24, 2.45) is 0 Å². The van der Waals surface area contributed by atoms with E-state index in [0.29, 0.717) is 0 Å². The summed E-state index contributed by atoms with van der Waals surface area (Å²) >= 11 is 6.14. The van der Waals surface area contributed by atoms with Crippen molar-refractivity contribution in [3.8, 4) is 0 Å². The summed E-state index contributed by atoms with van der Waals surface area (Å²) in [5, 5.41) is 4.27. The van der Waals surface area contributed by atoms with E-state index in [0.717, 1.165) is 29.4 Å². The highest BCUT2D eigenvalue weighted by Crippen LogP contribution is 2.18. The summed E-state index contributed by atoms with van der Waals surface area (Å²) in [6.07, 6.45) is 0. The molecule has 2 aromatic carbocycles. The molecule has 0 bridgehead atoms. The minimum atomic E-state index is 0.783. The van der Waals surface area contributed by atoms with Crippen LogP contribution in [0.15, 0.2) is 42.5 Å². The Balaban J connectivity index is 2.01. The fourth-order valence-corrected chi connectivity index (χ4v) is 2.30. The van der Waals surface area contributed by atoms with Crippen LogP contribution in [0.5, 0.6) is 0 Å². The zero-order valence-electron chi connectivity index (χ0n) is 12.3. The maximum atomic E-state index is 6.14. The number of anilines is 1. The molecule has 0 fully saturated rings. The number of benzene rings is 2. The molecule has 0 amide bonds. The first-order chi connectivity index (χ1) is 9.54. The van der Waals surface area contributed by atoms with Crippen LogP contribution in [0.25, 0.3) is 0 Å². The summed E-state index contributed by atoms with van der Waals surface area (Å²) in [5.74, 6) is 0. The number of nitrogens with one attached hydrogen (secondary N) is 1. The Labute approximate surface area is 126 Å². The van der Waals surface area contributed by atoms with Crippen LogP contribution in [0, 0.1) is 6.92 Å². The van der Waals surface area contributed by atoms with Gasteiger partial charge in [-0.25, -0.2) is 0 Å². The van der Waals surface area contributed by atoms with Gasteiger partial charge >= 0.3 is 0 Å². The third kappa shape index (κ3) is 4.26. The Hall–Kier alpha value is -1.51. The molecule has 2 nitrogen and oxygen atoms in total. The molecule has 1 N–H and O–H groups in total. The zero-order valence-corrected chi connectivity index (χ0v) is 13.0. The molecule has 2 rings (SSSR count). The second-order valence-electron chi connectivity index (χ2n) is 5.38. The highest BCUT2D eigenvalue weighted by Gasteiger charge is 2.00. The molecule has 0 aliphatic rings. The van der Waals surface area contributed by atoms with E-state index in [2.05, 4.69) is 60.7 Å². The van der Waals surface area contributed by atoms with Crippen molar-refractivity contribution < 1.29 is 0 Å². The molecule has 0 unspecified atom stereocenters. The summed E-state index contributed by atoms with van der Waals surface area (Å²) in [6, 6.07) is 14.7. The molecule has 0 heterocycles. The second-order valence-corrected chi connectivity index (χ2v) is 5.78. The molecule has 0 saturated heterocycles. The quantitative estimate of drug-likeness (QED) is 0.881. The standard InChI is InChI=1S/C17H21ClN2/c1-13-7-8-14(10-17(13)18)11-19-16-6-4-5-15(9-16)12-20(2)3/h4-10,19H,11-12H2,1-3H3. The van der Waals surface area contributed by atoms with Gasteiger partial charge in [0.25, 0.3) is 0 Å². The lowest BCUT2D eigenvalue weighted by molar-refractivity contribution is 0.402. The number of halogens is 1. The Bertz CT molecular complexity index is 579. The number of nitrogens with zero attached hydrogens (tertiary/aromatic N) is 1. The smallest absolute Gasteiger partial charge is 0.0438 e. The van der Waals surface area contributed by atoms with Gasteiger partial charge in [-0.2, -0.15) is 0 Å². The van der Waals surface area contributed by atoms with Crippen LogP contribution in [0.3, 0.4) is 0 Å². The molecule has 2 aromatic rings. The Morgan fingerprint density at radius 3 is 2.55 bits per heavy atom. The average molecular weight is 289 g/mol. The molecule has 0 spiro atoms. The maximum Gasteiger partial charge on any atom is 0.0438 e. The van der Waals surface area contributed by atoms with Gasteiger partial charge in [0.05, 0.1) is 0 Å². The second kappa shape index (κ2) is 6.78.